The highest BCUT2D eigenvalue weighted by atomic mass is 79.9. The highest BCUT2D eigenvalue weighted by Crippen LogP contribution is 2.34. The van der Waals surface area contributed by atoms with E-state index >= 15 is 0 Å². The molecule has 0 fully saturated rings. The van der Waals surface area contributed by atoms with E-state index < -0.39 is 15.0 Å². The number of rotatable bonds is 23. The maximum absolute atomic E-state index is 11.8. The van der Waals surface area contributed by atoms with E-state index in [-0.39, 0.29) is 37.9 Å². The number of nitrogens with one attached hydrogen (secondary N) is 1. The number of nitro groups is 1. The Bertz CT molecular complexity index is 1430. The van der Waals surface area contributed by atoms with Crippen LogP contribution in [0.5, 0.6) is 5.75 Å². The summed E-state index contributed by atoms with van der Waals surface area (Å²) >= 11 is 3.42. The number of halogens is 1. The number of nitrogens with zero attached hydrogens (tertiary/aromatic N) is 3. The molecule has 1 N–H and O–H groups in total. The van der Waals surface area contributed by atoms with Crippen LogP contribution in [-0.4, -0.2) is 109 Å². The van der Waals surface area contributed by atoms with Gasteiger partial charge in [-0.1, -0.05) is 22.0 Å². The van der Waals surface area contributed by atoms with Crippen molar-refractivity contribution >= 4 is 54.1 Å². The minimum Gasteiger partial charge on any atom is -0.484 e. The molecule has 0 unspecified atom stereocenters. The van der Waals surface area contributed by atoms with Crippen molar-refractivity contribution in [3.63, 3.8) is 0 Å². The highest BCUT2D eigenvalue weighted by molar-refractivity contribution is 9.10. The molecule has 3 rings (SSSR count). The van der Waals surface area contributed by atoms with Gasteiger partial charge in [0.1, 0.15) is 18.8 Å². The normalized spacial score (nSPS) is 11.6. The summed E-state index contributed by atoms with van der Waals surface area (Å²) in [5.74, 6) is 0.519. The number of hydrogen-bond donors (Lipinski definition) is 1. The number of anilines is 2. The molecule has 0 saturated carbocycles. The van der Waals surface area contributed by atoms with Crippen molar-refractivity contribution in [1.82, 2.24) is 9.97 Å². The Morgan fingerprint density at radius 3 is 1.93 bits per heavy atom. The third-order valence-corrected chi connectivity index (χ3v) is 6.59. The molecule has 0 bridgehead atoms. The van der Waals surface area contributed by atoms with Crippen LogP contribution in [0.15, 0.2) is 47.2 Å². The van der Waals surface area contributed by atoms with E-state index in [0.717, 1.165) is 16.4 Å². The predicted molar refractivity (Wildman–Crippen MR) is 164 cm³/mol. The van der Waals surface area contributed by atoms with Crippen LogP contribution in [0.3, 0.4) is 0 Å². The molecule has 15 nitrogen and oxygen atoms in total. The molecular formula is C27H35BrN4O11S. The topological polar surface area (TPSA) is 180 Å². The van der Waals surface area contributed by atoms with Crippen LogP contribution in [0, 0.1) is 10.1 Å². The quantitative estimate of drug-likeness (QED) is 0.0656. The SMILES string of the molecule is CS(=O)(=O)OCCOCCOCCOCCOCCOCCOc1cc2ncnc(Nc3cccc(Br)c3)c2cc1[N+](=O)[O-]. The first-order valence-electron chi connectivity index (χ1n) is 13.5. The third-order valence-electron chi connectivity index (χ3n) is 5.50. The van der Waals surface area contributed by atoms with Crippen molar-refractivity contribution in [3.8, 4) is 5.75 Å². The Kier molecular flexibility index (Phi) is 15.6. The van der Waals surface area contributed by atoms with Crippen molar-refractivity contribution in [1.29, 1.82) is 0 Å². The van der Waals surface area contributed by atoms with Gasteiger partial charge in [-0.05, 0) is 18.2 Å². The van der Waals surface area contributed by atoms with Gasteiger partial charge < -0.3 is 33.7 Å². The average molecular weight is 704 g/mol. The van der Waals surface area contributed by atoms with Gasteiger partial charge in [-0.2, -0.15) is 8.42 Å². The van der Waals surface area contributed by atoms with Gasteiger partial charge >= 0.3 is 5.69 Å². The van der Waals surface area contributed by atoms with Gasteiger partial charge in [-0.25, -0.2) is 9.97 Å². The number of fused-ring (bicyclic) bond motifs is 1. The van der Waals surface area contributed by atoms with Crippen LogP contribution in [0.2, 0.25) is 0 Å². The summed E-state index contributed by atoms with van der Waals surface area (Å²) in [7, 11) is -3.45. The molecule has 0 aliphatic heterocycles. The molecule has 2 aromatic carbocycles. The first-order chi connectivity index (χ1) is 21.2. The van der Waals surface area contributed by atoms with Crippen molar-refractivity contribution in [2.45, 2.75) is 0 Å². The van der Waals surface area contributed by atoms with Crippen LogP contribution in [-0.2, 0) is 38.0 Å². The molecule has 242 valence electrons. The molecule has 0 aliphatic rings. The van der Waals surface area contributed by atoms with Crippen LogP contribution >= 0.6 is 15.9 Å². The van der Waals surface area contributed by atoms with E-state index in [2.05, 4.69) is 35.4 Å². The lowest BCUT2D eigenvalue weighted by molar-refractivity contribution is -0.385. The summed E-state index contributed by atoms with van der Waals surface area (Å²) in [6, 6.07) is 10.4. The monoisotopic (exact) mass is 702 g/mol. The van der Waals surface area contributed by atoms with E-state index in [1.165, 1.54) is 18.5 Å². The molecule has 0 aliphatic carbocycles. The number of aromatic nitrogens is 2. The summed E-state index contributed by atoms with van der Waals surface area (Å²) in [6.45, 7) is 3.34. The molecule has 0 amide bonds. The maximum Gasteiger partial charge on any atom is 0.311 e. The van der Waals surface area contributed by atoms with Crippen LogP contribution in [0.25, 0.3) is 10.9 Å². The van der Waals surface area contributed by atoms with Crippen molar-refractivity contribution in [2.75, 3.05) is 90.9 Å². The van der Waals surface area contributed by atoms with Gasteiger partial charge in [-0.3, -0.25) is 14.3 Å². The summed E-state index contributed by atoms with van der Waals surface area (Å²) in [5.41, 5.74) is 1.05. The van der Waals surface area contributed by atoms with Crippen molar-refractivity contribution < 1.29 is 45.9 Å². The van der Waals surface area contributed by atoms with E-state index in [1.54, 1.807) is 0 Å². The molecule has 1 heterocycles. The van der Waals surface area contributed by atoms with Gasteiger partial charge in [0.25, 0.3) is 10.1 Å². The van der Waals surface area contributed by atoms with Gasteiger partial charge in [-0.15, -0.1) is 0 Å². The third kappa shape index (κ3) is 13.7. The zero-order valence-corrected chi connectivity index (χ0v) is 26.5. The number of nitro benzene ring substituents is 1. The van der Waals surface area contributed by atoms with Crippen LogP contribution in [0.1, 0.15) is 0 Å². The standard InChI is InChI=1S/C27H35BrN4O11S/c1-44(35,36)43-16-14-41-12-10-39-8-6-37-5-7-38-9-11-40-13-15-42-26-19-24-23(18-25(26)32(33)34)27(30-20-29-24)31-22-4-2-3-21(28)17-22/h2-4,17-20H,5-16H2,1H3,(H,29,30,31). The summed E-state index contributed by atoms with van der Waals surface area (Å²) < 4.78 is 59.5. The maximum atomic E-state index is 11.8. The Hall–Kier alpha value is -3.03. The van der Waals surface area contributed by atoms with Crippen LogP contribution < -0.4 is 10.1 Å². The summed E-state index contributed by atoms with van der Waals surface area (Å²) in [6.07, 6.45) is 2.36. The molecule has 1 aromatic heterocycles. The first kappa shape index (κ1) is 35.4. The fraction of sp³-hybridized carbons (Fsp3) is 0.481. The minimum absolute atomic E-state index is 0.0268. The summed E-state index contributed by atoms with van der Waals surface area (Å²) in [4.78, 5) is 19.8. The van der Waals surface area contributed by atoms with E-state index in [1.807, 2.05) is 24.3 Å². The lowest BCUT2D eigenvalue weighted by Crippen LogP contribution is -2.15. The number of hydrogen-bond acceptors (Lipinski definition) is 14. The van der Waals surface area contributed by atoms with E-state index in [4.69, 9.17) is 28.4 Å². The second-order valence-electron chi connectivity index (χ2n) is 8.89. The second kappa shape index (κ2) is 19.4. The Labute approximate surface area is 263 Å². The molecule has 3 aromatic rings. The summed E-state index contributed by atoms with van der Waals surface area (Å²) in [5, 5.41) is 15.4. The number of benzene rings is 2. The average Bonchev–Trinajstić information content (AvgIpc) is 2.97. The lowest BCUT2D eigenvalue weighted by atomic mass is 10.2. The molecule has 17 heteroatoms. The molecule has 0 saturated heterocycles. The fourth-order valence-electron chi connectivity index (χ4n) is 3.57. The first-order valence-corrected chi connectivity index (χ1v) is 16.2. The molecular weight excluding hydrogens is 668 g/mol. The molecule has 0 atom stereocenters. The number of ether oxygens (including phenoxy) is 6. The van der Waals surface area contributed by atoms with E-state index in [9.17, 15) is 18.5 Å². The molecule has 44 heavy (non-hydrogen) atoms. The largest absolute Gasteiger partial charge is 0.484 e. The van der Waals surface area contributed by atoms with Crippen LogP contribution in [0.4, 0.5) is 17.2 Å². The Balaban J connectivity index is 1.25. The zero-order chi connectivity index (χ0) is 31.6. The second-order valence-corrected chi connectivity index (χ2v) is 11.4. The zero-order valence-electron chi connectivity index (χ0n) is 24.1. The van der Waals surface area contributed by atoms with Crippen molar-refractivity contribution in [2.24, 2.45) is 0 Å². The Morgan fingerprint density at radius 2 is 1.39 bits per heavy atom. The minimum atomic E-state index is -3.45. The van der Waals surface area contributed by atoms with Gasteiger partial charge in [0.05, 0.1) is 94.8 Å². The van der Waals surface area contributed by atoms with Crippen molar-refractivity contribution in [3.05, 3.63) is 57.3 Å². The highest BCUT2D eigenvalue weighted by Gasteiger charge is 2.19. The Morgan fingerprint density at radius 1 is 0.818 bits per heavy atom. The molecule has 0 spiro atoms. The van der Waals surface area contributed by atoms with E-state index in [0.29, 0.717) is 69.6 Å². The molecule has 0 radical (unpaired) electrons. The van der Waals surface area contributed by atoms with Gasteiger partial charge in [0, 0.05) is 22.3 Å². The van der Waals surface area contributed by atoms with Gasteiger partial charge in [0.2, 0.25) is 0 Å². The predicted octanol–water partition coefficient (Wildman–Crippen LogP) is 3.48. The van der Waals surface area contributed by atoms with Gasteiger partial charge in [0.15, 0.2) is 5.75 Å². The fourth-order valence-corrected chi connectivity index (χ4v) is 4.34. The smallest absolute Gasteiger partial charge is 0.311 e. The lowest BCUT2D eigenvalue weighted by Gasteiger charge is -2.11.